The molecule has 0 bridgehead atoms. The number of hydrogen-bond donors (Lipinski definition) is 1. The Bertz CT molecular complexity index is 995. The van der Waals surface area contributed by atoms with Crippen molar-refractivity contribution in [2.45, 2.75) is 26.8 Å². The minimum Gasteiger partial charge on any atom is -0.489 e. The highest BCUT2D eigenvalue weighted by Crippen LogP contribution is 2.25. The van der Waals surface area contributed by atoms with E-state index in [1.54, 1.807) is 32.0 Å². The van der Waals surface area contributed by atoms with E-state index in [0.717, 1.165) is 23.4 Å². The number of carbonyl (C=O) groups is 1. The summed E-state index contributed by atoms with van der Waals surface area (Å²) in [7, 11) is 0. The number of benzene rings is 2. The Morgan fingerprint density at radius 2 is 1.83 bits per heavy atom. The molecule has 1 aromatic heterocycles. The zero-order chi connectivity index (χ0) is 21.0. The summed E-state index contributed by atoms with van der Waals surface area (Å²) in [4.78, 5) is 12.4. The van der Waals surface area contributed by atoms with E-state index < -0.39 is 18.0 Å². The van der Waals surface area contributed by atoms with Gasteiger partial charge in [-0.15, -0.1) is 13.2 Å². The molecule has 0 aliphatic heterocycles. The second kappa shape index (κ2) is 8.26. The molecule has 1 amide bonds. The Morgan fingerprint density at radius 1 is 1.10 bits per heavy atom. The summed E-state index contributed by atoms with van der Waals surface area (Å²) in [5.41, 5.74) is 1.99. The van der Waals surface area contributed by atoms with E-state index in [2.05, 4.69) is 15.2 Å². The topological polar surface area (TPSA) is 73.6 Å². The van der Waals surface area contributed by atoms with Crippen molar-refractivity contribution >= 4 is 11.6 Å². The van der Waals surface area contributed by atoms with Crippen LogP contribution in [0.25, 0.3) is 0 Å². The highest BCUT2D eigenvalue weighted by atomic mass is 19.4. The number of nitrogens with zero attached hydrogens (tertiary/aromatic N) is 1. The Hall–Kier alpha value is -3.49. The zero-order valence-corrected chi connectivity index (χ0v) is 15.5. The van der Waals surface area contributed by atoms with Crippen LogP contribution in [-0.2, 0) is 6.61 Å². The van der Waals surface area contributed by atoms with Gasteiger partial charge < -0.3 is 19.3 Å². The maximum absolute atomic E-state index is 12.4. The molecule has 0 saturated carbocycles. The maximum atomic E-state index is 12.4. The average Bonchev–Trinajstić information content (AvgIpc) is 2.97. The predicted octanol–water partition coefficient (Wildman–Crippen LogP) is 5.02. The van der Waals surface area contributed by atoms with Gasteiger partial charge >= 0.3 is 6.36 Å². The predicted molar refractivity (Wildman–Crippen MR) is 97.8 cm³/mol. The van der Waals surface area contributed by atoms with Crippen LogP contribution < -0.4 is 14.8 Å². The fraction of sp³-hybridized carbons (Fsp3) is 0.200. The molecule has 2 aromatic carbocycles. The number of ether oxygens (including phenoxy) is 2. The van der Waals surface area contributed by atoms with Gasteiger partial charge in [-0.05, 0) is 44.2 Å². The first-order valence-electron chi connectivity index (χ1n) is 8.53. The molecule has 29 heavy (non-hydrogen) atoms. The van der Waals surface area contributed by atoms with Crippen molar-refractivity contribution < 1.29 is 32.0 Å². The molecule has 0 saturated heterocycles. The second-order valence-corrected chi connectivity index (χ2v) is 6.15. The largest absolute Gasteiger partial charge is 0.573 e. The van der Waals surface area contributed by atoms with Gasteiger partial charge in [0, 0.05) is 17.3 Å². The van der Waals surface area contributed by atoms with Gasteiger partial charge in [0.2, 0.25) is 0 Å². The minimum absolute atomic E-state index is 0.166. The lowest BCUT2D eigenvalue weighted by molar-refractivity contribution is -0.274. The molecule has 0 spiro atoms. The summed E-state index contributed by atoms with van der Waals surface area (Å²) in [6.45, 7) is 3.80. The number of halogens is 3. The zero-order valence-electron chi connectivity index (χ0n) is 15.5. The van der Waals surface area contributed by atoms with Crippen LogP contribution in [0.5, 0.6) is 11.5 Å². The molecule has 0 unspecified atom stereocenters. The van der Waals surface area contributed by atoms with Crippen molar-refractivity contribution in [3.05, 3.63) is 71.1 Å². The lowest BCUT2D eigenvalue weighted by Crippen LogP contribution is -2.17. The van der Waals surface area contributed by atoms with Gasteiger partial charge in [0.1, 0.15) is 23.9 Å². The molecule has 0 aliphatic rings. The number of carbonyl (C=O) groups excluding carboxylic acids is 1. The number of amides is 1. The van der Waals surface area contributed by atoms with Gasteiger partial charge in [0.15, 0.2) is 0 Å². The minimum atomic E-state index is -4.81. The molecule has 0 radical (unpaired) electrons. The quantitative estimate of drug-likeness (QED) is 0.622. The van der Waals surface area contributed by atoms with Gasteiger partial charge in [-0.2, -0.15) is 0 Å². The summed E-state index contributed by atoms with van der Waals surface area (Å²) < 4.78 is 51.6. The van der Waals surface area contributed by atoms with E-state index >= 15 is 0 Å². The van der Waals surface area contributed by atoms with E-state index in [0.29, 0.717) is 11.5 Å². The second-order valence-electron chi connectivity index (χ2n) is 6.15. The fourth-order valence-electron chi connectivity index (χ4n) is 2.56. The van der Waals surface area contributed by atoms with E-state index in [1.165, 1.54) is 18.2 Å². The van der Waals surface area contributed by atoms with Crippen LogP contribution in [0, 0.1) is 13.8 Å². The Morgan fingerprint density at radius 3 is 2.52 bits per heavy atom. The first-order valence-corrected chi connectivity index (χ1v) is 8.53. The summed E-state index contributed by atoms with van der Waals surface area (Å²) in [5.74, 6) is 0.174. The van der Waals surface area contributed by atoms with Crippen molar-refractivity contribution in [2.24, 2.45) is 0 Å². The van der Waals surface area contributed by atoms with E-state index in [1.807, 2.05) is 0 Å². The van der Waals surface area contributed by atoms with Crippen molar-refractivity contribution in [3.63, 3.8) is 0 Å². The van der Waals surface area contributed by atoms with Gasteiger partial charge in [-0.3, -0.25) is 4.79 Å². The van der Waals surface area contributed by atoms with E-state index in [4.69, 9.17) is 9.26 Å². The van der Waals surface area contributed by atoms with Gasteiger partial charge in [-0.25, -0.2) is 0 Å². The summed E-state index contributed by atoms with van der Waals surface area (Å²) in [5, 5.41) is 6.38. The molecular weight excluding hydrogens is 389 g/mol. The third-order valence-corrected chi connectivity index (χ3v) is 3.99. The third kappa shape index (κ3) is 5.50. The van der Waals surface area contributed by atoms with Crippen LogP contribution in [0.15, 0.2) is 53.1 Å². The molecule has 3 rings (SSSR count). The Kier molecular flexibility index (Phi) is 5.76. The number of aromatic nitrogens is 1. The molecule has 1 N–H and O–H groups in total. The van der Waals surface area contributed by atoms with E-state index in [9.17, 15) is 18.0 Å². The van der Waals surface area contributed by atoms with E-state index in [-0.39, 0.29) is 17.9 Å². The molecule has 0 fully saturated rings. The monoisotopic (exact) mass is 406 g/mol. The lowest BCUT2D eigenvalue weighted by atomic mass is 10.2. The smallest absolute Gasteiger partial charge is 0.489 e. The maximum Gasteiger partial charge on any atom is 0.573 e. The molecule has 9 heteroatoms. The molecule has 6 nitrogen and oxygen atoms in total. The molecular formula is C20H17F3N2O4. The summed E-state index contributed by atoms with van der Waals surface area (Å²) in [6.07, 6.45) is -4.81. The Labute approximate surface area is 164 Å². The van der Waals surface area contributed by atoms with Crippen LogP contribution in [0.3, 0.4) is 0 Å². The van der Waals surface area contributed by atoms with Crippen molar-refractivity contribution in [2.75, 3.05) is 5.32 Å². The van der Waals surface area contributed by atoms with Gasteiger partial charge in [0.25, 0.3) is 5.91 Å². The molecule has 152 valence electrons. The number of rotatable bonds is 6. The summed E-state index contributed by atoms with van der Waals surface area (Å²) in [6, 6.07) is 11.5. The van der Waals surface area contributed by atoms with Gasteiger partial charge in [0.05, 0.1) is 11.3 Å². The highest BCUT2D eigenvalue weighted by Gasteiger charge is 2.31. The van der Waals surface area contributed by atoms with Crippen LogP contribution in [0.1, 0.15) is 27.4 Å². The fourth-order valence-corrected chi connectivity index (χ4v) is 2.56. The lowest BCUT2D eigenvalue weighted by Gasteiger charge is -2.11. The molecule has 3 aromatic rings. The van der Waals surface area contributed by atoms with Crippen molar-refractivity contribution in [1.82, 2.24) is 5.16 Å². The van der Waals surface area contributed by atoms with Crippen LogP contribution in [0.2, 0.25) is 0 Å². The number of nitrogens with one attached hydrogen (secondary N) is 1. The van der Waals surface area contributed by atoms with Gasteiger partial charge in [-0.1, -0.05) is 17.3 Å². The SMILES string of the molecule is Cc1noc(C)c1COc1cccc(C(=O)Nc2cccc(OC(F)(F)F)c2)c1. The first-order chi connectivity index (χ1) is 13.7. The van der Waals surface area contributed by atoms with Crippen LogP contribution in [-0.4, -0.2) is 17.4 Å². The summed E-state index contributed by atoms with van der Waals surface area (Å²) >= 11 is 0. The number of aryl methyl sites for hydroxylation is 2. The third-order valence-electron chi connectivity index (χ3n) is 3.99. The first kappa shape index (κ1) is 20.2. The molecule has 0 atom stereocenters. The van der Waals surface area contributed by atoms with Crippen LogP contribution >= 0.6 is 0 Å². The Balaban J connectivity index is 1.67. The average molecular weight is 406 g/mol. The molecule has 0 aliphatic carbocycles. The standard InChI is InChI=1S/C20H17F3N2O4/c1-12-18(13(2)29-25-12)11-27-16-7-3-5-14(9-16)19(26)24-15-6-4-8-17(10-15)28-20(21,22)23/h3-10H,11H2,1-2H3,(H,24,26). The normalized spacial score (nSPS) is 11.2. The van der Waals surface area contributed by atoms with Crippen LogP contribution in [0.4, 0.5) is 18.9 Å². The molecule has 1 heterocycles. The number of anilines is 1. The number of hydrogen-bond acceptors (Lipinski definition) is 5. The van der Waals surface area contributed by atoms with Crippen molar-refractivity contribution in [3.8, 4) is 11.5 Å². The highest BCUT2D eigenvalue weighted by molar-refractivity contribution is 6.04. The number of alkyl halides is 3. The van der Waals surface area contributed by atoms with Crippen molar-refractivity contribution in [1.29, 1.82) is 0 Å².